The molecule has 0 fully saturated rings. The van der Waals surface area contributed by atoms with Crippen LogP contribution in [0.2, 0.25) is 0 Å². The van der Waals surface area contributed by atoms with E-state index in [-0.39, 0.29) is 10.2 Å². The second-order valence-electron chi connectivity index (χ2n) is 2.46. The summed E-state index contributed by atoms with van der Waals surface area (Å²) in [5, 5.41) is 0.628. The molecule has 1 aromatic rings. The molecule has 5 heteroatoms. The van der Waals surface area contributed by atoms with E-state index in [1.54, 1.807) is 0 Å². The van der Waals surface area contributed by atoms with Gasteiger partial charge in [0.25, 0.3) is 0 Å². The number of hydrogen-bond acceptors (Lipinski definition) is 2. The third-order valence-corrected chi connectivity index (χ3v) is 2.45. The Balaban J connectivity index is 3.00. The number of benzene rings is 1. The van der Waals surface area contributed by atoms with Gasteiger partial charge in [-0.3, -0.25) is 4.79 Å². The normalized spacial score (nSPS) is 9.93. The summed E-state index contributed by atoms with van der Waals surface area (Å²) in [7, 11) is 0. The maximum absolute atomic E-state index is 13.1. The average Bonchev–Trinajstić information content (AvgIpc) is 2.19. The summed E-state index contributed by atoms with van der Waals surface area (Å²) in [5.74, 6) is -0.180. The number of aldehydes is 1. The van der Waals surface area contributed by atoms with Gasteiger partial charge in [0.1, 0.15) is 11.6 Å². The van der Waals surface area contributed by atoms with Gasteiger partial charge in [0.2, 0.25) is 0 Å². The number of alkyl halides is 1. The maximum atomic E-state index is 13.1. The predicted molar refractivity (Wildman–Crippen MR) is 58.8 cm³/mol. The van der Waals surface area contributed by atoms with Crippen molar-refractivity contribution in [2.45, 2.75) is 0 Å². The van der Waals surface area contributed by atoms with Gasteiger partial charge >= 0.3 is 0 Å². The zero-order chi connectivity index (χ0) is 10.6. The van der Waals surface area contributed by atoms with Gasteiger partial charge in [-0.1, -0.05) is 15.9 Å². The van der Waals surface area contributed by atoms with Crippen molar-refractivity contribution in [1.82, 2.24) is 0 Å². The highest BCUT2D eigenvalue weighted by molar-refractivity contribution is 9.10. The topological polar surface area (TPSA) is 26.3 Å². The van der Waals surface area contributed by atoms with E-state index in [0.717, 1.165) is 0 Å². The van der Waals surface area contributed by atoms with Crippen molar-refractivity contribution in [3.05, 3.63) is 28.0 Å². The summed E-state index contributed by atoms with van der Waals surface area (Å²) in [5.41, 5.74) is 0.333. The Morgan fingerprint density at radius 2 is 2.21 bits per heavy atom. The molecule has 0 bridgehead atoms. The molecule has 0 aliphatic carbocycles. The molecule has 76 valence electrons. The van der Waals surface area contributed by atoms with Gasteiger partial charge in [-0.05, 0) is 22.0 Å². The first-order chi connectivity index (χ1) is 6.69. The number of hydrogen-bond donors (Lipinski definition) is 0. The summed E-state index contributed by atoms with van der Waals surface area (Å²) in [6.07, 6.45) is 0.633. The molecule has 1 aromatic carbocycles. The van der Waals surface area contributed by atoms with E-state index in [1.807, 2.05) is 0 Å². The van der Waals surface area contributed by atoms with Crippen LogP contribution in [0.4, 0.5) is 4.39 Å². The summed E-state index contributed by atoms with van der Waals surface area (Å²) in [4.78, 5) is 10.6. The lowest BCUT2D eigenvalue weighted by Crippen LogP contribution is -2.01. The van der Waals surface area contributed by atoms with Crippen molar-refractivity contribution in [3.8, 4) is 5.75 Å². The third kappa shape index (κ3) is 2.78. The van der Waals surface area contributed by atoms with Crippen molar-refractivity contribution < 1.29 is 13.9 Å². The van der Waals surface area contributed by atoms with Crippen molar-refractivity contribution >= 4 is 38.1 Å². The Morgan fingerprint density at radius 1 is 1.50 bits per heavy atom. The van der Waals surface area contributed by atoms with Crippen molar-refractivity contribution in [2.75, 3.05) is 11.9 Å². The van der Waals surface area contributed by atoms with Crippen molar-refractivity contribution in [2.24, 2.45) is 0 Å². The molecule has 0 aromatic heterocycles. The second kappa shape index (κ2) is 5.46. The zero-order valence-corrected chi connectivity index (χ0v) is 10.3. The summed E-state index contributed by atoms with van der Waals surface area (Å²) >= 11 is 6.16. The largest absolute Gasteiger partial charge is 0.492 e. The molecule has 0 atom stereocenters. The fourth-order valence-corrected chi connectivity index (χ4v) is 1.43. The highest BCUT2D eigenvalue weighted by atomic mass is 79.9. The van der Waals surface area contributed by atoms with Gasteiger partial charge < -0.3 is 4.74 Å². The Hall–Kier alpha value is -0.420. The number of ether oxygens (including phenoxy) is 1. The van der Waals surface area contributed by atoms with Crippen LogP contribution in [0.15, 0.2) is 16.6 Å². The molecule has 0 saturated heterocycles. The molecule has 0 aliphatic rings. The van der Waals surface area contributed by atoms with Crippen LogP contribution < -0.4 is 4.74 Å². The van der Waals surface area contributed by atoms with E-state index in [9.17, 15) is 9.18 Å². The van der Waals surface area contributed by atoms with Gasteiger partial charge in [0.05, 0.1) is 16.6 Å². The average molecular weight is 326 g/mol. The van der Waals surface area contributed by atoms with Crippen LogP contribution in [0.5, 0.6) is 5.75 Å². The van der Waals surface area contributed by atoms with Crippen molar-refractivity contribution in [1.29, 1.82) is 0 Å². The molecule has 0 radical (unpaired) electrons. The van der Waals surface area contributed by atoms with Gasteiger partial charge in [-0.2, -0.15) is 0 Å². The lowest BCUT2D eigenvalue weighted by Gasteiger charge is -2.07. The van der Waals surface area contributed by atoms with Gasteiger partial charge in [-0.25, -0.2) is 4.39 Å². The van der Waals surface area contributed by atoms with Crippen molar-refractivity contribution in [3.63, 3.8) is 0 Å². The van der Waals surface area contributed by atoms with Crippen LogP contribution >= 0.6 is 31.9 Å². The molecule has 2 nitrogen and oxygen atoms in total. The molecular formula is C9H7Br2FO2. The second-order valence-corrected chi connectivity index (χ2v) is 4.11. The molecule has 14 heavy (non-hydrogen) atoms. The van der Waals surface area contributed by atoms with Crippen LogP contribution in [0.3, 0.4) is 0 Å². The van der Waals surface area contributed by atoms with E-state index < -0.39 is 5.82 Å². The monoisotopic (exact) mass is 324 g/mol. The van der Waals surface area contributed by atoms with Gasteiger partial charge in [-0.15, -0.1) is 0 Å². The standard InChI is InChI=1S/C9H7Br2FO2/c10-1-2-14-9-4-8(12)7(11)3-6(9)5-13/h3-5H,1-2H2. The van der Waals surface area contributed by atoms with Gasteiger partial charge in [0.15, 0.2) is 6.29 Å². The van der Waals surface area contributed by atoms with Crippen LogP contribution in [-0.4, -0.2) is 18.2 Å². The number of carbonyl (C=O) groups excluding carboxylic acids is 1. The fraction of sp³-hybridized carbons (Fsp3) is 0.222. The number of rotatable bonds is 4. The lowest BCUT2D eigenvalue weighted by molar-refractivity contribution is 0.111. The van der Waals surface area contributed by atoms with Crippen LogP contribution in [0.25, 0.3) is 0 Å². The molecule has 0 N–H and O–H groups in total. The Morgan fingerprint density at radius 3 is 2.79 bits per heavy atom. The lowest BCUT2D eigenvalue weighted by atomic mass is 10.2. The minimum atomic E-state index is -0.444. The first-order valence-electron chi connectivity index (χ1n) is 3.82. The Bertz CT molecular complexity index is 342. The van der Waals surface area contributed by atoms with E-state index in [1.165, 1.54) is 12.1 Å². The quantitative estimate of drug-likeness (QED) is 0.628. The van der Waals surface area contributed by atoms with E-state index in [4.69, 9.17) is 4.74 Å². The molecule has 0 heterocycles. The Kier molecular flexibility index (Phi) is 4.54. The van der Waals surface area contributed by atoms with Crippen LogP contribution in [0.1, 0.15) is 10.4 Å². The van der Waals surface area contributed by atoms with E-state index in [2.05, 4.69) is 31.9 Å². The van der Waals surface area contributed by atoms with E-state index >= 15 is 0 Å². The zero-order valence-electron chi connectivity index (χ0n) is 7.10. The molecule has 0 amide bonds. The molecule has 0 aliphatic heterocycles. The van der Waals surface area contributed by atoms with Crippen LogP contribution in [-0.2, 0) is 0 Å². The minimum Gasteiger partial charge on any atom is -0.492 e. The summed E-state index contributed by atoms with van der Waals surface area (Å²) in [6.45, 7) is 0.391. The minimum absolute atomic E-state index is 0.255. The maximum Gasteiger partial charge on any atom is 0.153 e. The summed E-state index contributed by atoms with van der Waals surface area (Å²) < 4.78 is 18.5. The fourth-order valence-electron chi connectivity index (χ4n) is 0.910. The molecule has 1 rings (SSSR count). The molecule has 0 spiro atoms. The first kappa shape index (κ1) is 11.7. The summed E-state index contributed by atoms with van der Waals surface area (Å²) in [6, 6.07) is 2.59. The Labute approximate surface area is 97.7 Å². The highest BCUT2D eigenvalue weighted by Crippen LogP contribution is 2.25. The first-order valence-corrected chi connectivity index (χ1v) is 5.73. The third-order valence-electron chi connectivity index (χ3n) is 1.51. The number of halogens is 3. The molecule has 0 saturated carbocycles. The smallest absolute Gasteiger partial charge is 0.153 e. The SMILES string of the molecule is O=Cc1cc(Br)c(F)cc1OCCBr. The number of carbonyl (C=O) groups is 1. The molecule has 0 unspecified atom stereocenters. The van der Waals surface area contributed by atoms with Crippen LogP contribution in [0, 0.1) is 5.82 Å². The highest BCUT2D eigenvalue weighted by Gasteiger charge is 2.08. The van der Waals surface area contributed by atoms with Gasteiger partial charge in [0, 0.05) is 11.4 Å². The molecular weight excluding hydrogens is 319 g/mol. The predicted octanol–water partition coefficient (Wildman–Crippen LogP) is 3.17. The van der Waals surface area contributed by atoms with E-state index in [0.29, 0.717) is 23.8 Å².